The number of aryl methyl sites for hydroxylation is 1. The number of phenols is 1. The number of carbonyl (C=O) groups is 1. The van der Waals surface area contributed by atoms with Crippen LogP contribution in [0.1, 0.15) is 39.0 Å². The van der Waals surface area contributed by atoms with Crippen molar-refractivity contribution in [3.05, 3.63) is 76.4 Å². The standard InChI is InChI=1S/C21H16O4/c1-24-21-11-10-16(23)19-15(22)9-8-14(20(19)21)13-6-2-4-12-5-3-7-17(25-21)18(12)13/h3,5-11,22H,2,4H2,1H3/t21-/m0/s1. The molecule has 4 heteroatoms. The predicted molar refractivity (Wildman–Crippen MR) is 92.7 cm³/mol. The molecule has 124 valence electrons. The number of hydrogen-bond donors (Lipinski definition) is 1. The van der Waals surface area contributed by atoms with E-state index in [0.717, 1.165) is 35.3 Å². The highest BCUT2D eigenvalue weighted by Crippen LogP contribution is 2.51. The predicted octanol–water partition coefficient (Wildman–Crippen LogP) is 3.71. The third kappa shape index (κ3) is 1.77. The van der Waals surface area contributed by atoms with Gasteiger partial charge in [0.1, 0.15) is 11.5 Å². The van der Waals surface area contributed by atoms with Gasteiger partial charge in [0.15, 0.2) is 5.78 Å². The van der Waals surface area contributed by atoms with Gasteiger partial charge < -0.3 is 14.6 Å². The summed E-state index contributed by atoms with van der Waals surface area (Å²) in [5.41, 5.74) is 5.01. The molecule has 2 aromatic carbocycles. The van der Waals surface area contributed by atoms with E-state index in [2.05, 4.69) is 12.1 Å². The fourth-order valence-electron chi connectivity index (χ4n) is 4.13. The van der Waals surface area contributed by atoms with E-state index >= 15 is 0 Å². The second kappa shape index (κ2) is 4.83. The molecule has 0 spiro atoms. The SMILES string of the molecule is CO[C@]12C=CC(=O)c3c(O)ccc(c31)C1=CCCc3cccc(c31)O2. The Labute approximate surface area is 145 Å². The molecule has 0 saturated heterocycles. The molecule has 1 N–H and O–H groups in total. The molecular formula is C21H16O4. The van der Waals surface area contributed by atoms with Crippen LogP contribution < -0.4 is 4.74 Å². The number of allylic oxidation sites excluding steroid dienone is 2. The normalized spacial score (nSPS) is 22.4. The summed E-state index contributed by atoms with van der Waals surface area (Å²) in [7, 11) is 1.55. The lowest BCUT2D eigenvalue weighted by molar-refractivity contribution is -0.132. The van der Waals surface area contributed by atoms with E-state index in [1.165, 1.54) is 11.6 Å². The Bertz CT molecular complexity index is 999. The first kappa shape index (κ1) is 14.5. The zero-order valence-corrected chi connectivity index (χ0v) is 13.7. The van der Waals surface area contributed by atoms with Gasteiger partial charge in [0.05, 0.1) is 11.1 Å². The second-order valence-electron chi connectivity index (χ2n) is 6.50. The molecule has 4 nitrogen and oxygen atoms in total. The number of rotatable bonds is 1. The molecule has 2 aliphatic carbocycles. The van der Waals surface area contributed by atoms with Crippen LogP contribution in [-0.2, 0) is 16.9 Å². The monoisotopic (exact) mass is 332 g/mol. The summed E-state index contributed by atoms with van der Waals surface area (Å²) >= 11 is 0. The van der Waals surface area contributed by atoms with Crippen LogP contribution in [0.25, 0.3) is 5.57 Å². The maximum Gasteiger partial charge on any atom is 0.258 e. The van der Waals surface area contributed by atoms with Crippen LogP contribution in [0.5, 0.6) is 11.5 Å². The Balaban J connectivity index is 1.95. The van der Waals surface area contributed by atoms with E-state index in [0.29, 0.717) is 5.56 Å². The summed E-state index contributed by atoms with van der Waals surface area (Å²) in [6.07, 6.45) is 7.09. The summed E-state index contributed by atoms with van der Waals surface area (Å²) in [6.45, 7) is 0. The van der Waals surface area contributed by atoms with Crippen molar-refractivity contribution in [3.8, 4) is 11.5 Å². The number of fused-ring (bicyclic) bond motifs is 1. The van der Waals surface area contributed by atoms with Crippen LogP contribution in [0.4, 0.5) is 0 Å². The molecule has 1 aliphatic heterocycles. The Hall–Kier alpha value is -2.85. The van der Waals surface area contributed by atoms with Crippen LogP contribution in [-0.4, -0.2) is 18.0 Å². The third-order valence-electron chi connectivity index (χ3n) is 5.23. The van der Waals surface area contributed by atoms with Crippen molar-refractivity contribution in [1.82, 2.24) is 0 Å². The molecule has 3 aliphatic rings. The quantitative estimate of drug-likeness (QED) is 0.865. The molecule has 0 bridgehead atoms. The van der Waals surface area contributed by atoms with Gasteiger partial charge in [-0.15, -0.1) is 0 Å². The van der Waals surface area contributed by atoms with E-state index < -0.39 is 5.79 Å². The summed E-state index contributed by atoms with van der Waals surface area (Å²) in [4.78, 5) is 12.5. The van der Waals surface area contributed by atoms with Crippen LogP contribution in [0.15, 0.2) is 48.6 Å². The number of ketones is 1. The van der Waals surface area contributed by atoms with Crippen LogP contribution >= 0.6 is 0 Å². The molecule has 0 fully saturated rings. The molecule has 0 saturated carbocycles. The molecule has 5 rings (SSSR count). The highest BCUT2D eigenvalue weighted by Gasteiger charge is 2.45. The topological polar surface area (TPSA) is 55.8 Å². The first-order valence-corrected chi connectivity index (χ1v) is 8.31. The first-order chi connectivity index (χ1) is 12.1. The van der Waals surface area contributed by atoms with Crippen LogP contribution in [0.3, 0.4) is 0 Å². The zero-order chi connectivity index (χ0) is 17.2. The van der Waals surface area contributed by atoms with Crippen LogP contribution in [0.2, 0.25) is 0 Å². The van der Waals surface area contributed by atoms with Gasteiger partial charge in [-0.1, -0.05) is 24.3 Å². The number of carbonyl (C=O) groups excluding carboxylic acids is 1. The smallest absolute Gasteiger partial charge is 0.258 e. The molecule has 1 heterocycles. The number of aromatic hydroxyl groups is 1. The lowest BCUT2D eigenvalue weighted by Gasteiger charge is -2.34. The molecule has 1 atom stereocenters. The minimum absolute atomic E-state index is 0.0549. The second-order valence-corrected chi connectivity index (χ2v) is 6.50. The van der Waals surface area contributed by atoms with Crippen molar-refractivity contribution in [1.29, 1.82) is 0 Å². The van der Waals surface area contributed by atoms with Crippen molar-refractivity contribution >= 4 is 11.4 Å². The van der Waals surface area contributed by atoms with Gasteiger partial charge in [-0.3, -0.25) is 4.79 Å². The Morgan fingerprint density at radius 1 is 1.20 bits per heavy atom. The van der Waals surface area contributed by atoms with Gasteiger partial charge in [0, 0.05) is 12.7 Å². The minimum Gasteiger partial charge on any atom is -0.507 e. The number of methoxy groups -OCH3 is 1. The highest BCUT2D eigenvalue weighted by atomic mass is 16.7. The van der Waals surface area contributed by atoms with Gasteiger partial charge in [0.2, 0.25) is 0 Å². The summed E-state index contributed by atoms with van der Waals surface area (Å²) in [6, 6.07) is 9.44. The molecule has 25 heavy (non-hydrogen) atoms. The maximum atomic E-state index is 12.5. The van der Waals surface area contributed by atoms with E-state index in [1.807, 2.05) is 18.2 Å². The fraction of sp³-hybridized carbons (Fsp3) is 0.190. The Morgan fingerprint density at radius 3 is 2.92 bits per heavy atom. The number of benzene rings is 2. The Morgan fingerprint density at radius 2 is 2.08 bits per heavy atom. The third-order valence-corrected chi connectivity index (χ3v) is 5.23. The summed E-state index contributed by atoms with van der Waals surface area (Å²) < 4.78 is 12.1. The van der Waals surface area contributed by atoms with E-state index in [9.17, 15) is 9.90 Å². The molecule has 0 radical (unpaired) electrons. The van der Waals surface area contributed by atoms with Crippen LogP contribution in [0, 0.1) is 0 Å². The lowest BCUT2D eigenvalue weighted by Crippen LogP contribution is -2.37. The van der Waals surface area contributed by atoms with Gasteiger partial charge in [-0.25, -0.2) is 0 Å². The highest BCUT2D eigenvalue weighted by molar-refractivity contribution is 6.10. The fourth-order valence-corrected chi connectivity index (χ4v) is 4.13. The number of hydrogen-bond acceptors (Lipinski definition) is 4. The average Bonchev–Trinajstić information content (AvgIpc) is 2.75. The molecular weight excluding hydrogens is 316 g/mol. The van der Waals surface area contributed by atoms with E-state index in [4.69, 9.17) is 9.47 Å². The molecule has 0 amide bonds. The van der Waals surface area contributed by atoms with E-state index in [-0.39, 0.29) is 17.1 Å². The number of phenolic OH excluding ortho intramolecular Hbond substituents is 1. The van der Waals surface area contributed by atoms with Crippen molar-refractivity contribution in [2.24, 2.45) is 0 Å². The van der Waals surface area contributed by atoms with Gasteiger partial charge >= 0.3 is 0 Å². The van der Waals surface area contributed by atoms with Gasteiger partial charge in [0.25, 0.3) is 5.79 Å². The van der Waals surface area contributed by atoms with Gasteiger partial charge in [-0.05, 0) is 53.8 Å². The Kier molecular flexibility index (Phi) is 2.80. The molecule has 2 aromatic rings. The van der Waals surface area contributed by atoms with E-state index in [1.54, 1.807) is 19.3 Å². The average molecular weight is 332 g/mol. The summed E-state index contributed by atoms with van der Waals surface area (Å²) in [5, 5.41) is 10.3. The largest absolute Gasteiger partial charge is 0.507 e. The minimum atomic E-state index is -1.23. The van der Waals surface area contributed by atoms with Crippen molar-refractivity contribution in [3.63, 3.8) is 0 Å². The molecule has 0 unspecified atom stereocenters. The van der Waals surface area contributed by atoms with Crippen molar-refractivity contribution in [2.45, 2.75) is 18.6 Å². The number of ether oxygens (including phenoxy) is 2. The summed E-state index contributed by atoms with van der Waals surface area (Å²) in [5.74, 6) is -0.801. The lowest BCUT2D eigenvalue weighted by atomic mass is 9.80. The molecule has 0 aromatic heterocycles. The maximum absolute atomic E-state index is 12.5. The van der Waals surface area contributed by atoms with Crippen molar-refractivity contribution < 1.29 is 19.4 Å². The van der Waals surface area contributed by atoms with Crippen molar-refractivity contribution in [2.75, 3.05) is 7.11 Å². The van der Waals surface area contributed by atoms with Gasteiger partial charge in [-0.2, -0.15) is 0 Å². The zero-order valence-electron chi connectivity index (χ0n) is 13.7. The first-order valence-electron chi connectivity index (χ1n) is 8.31.